The zero-order valence-corrected chi connectivity index (χ0v) is 16.8. The number of guanidine groups is 1. The lowest BCUT2D eigenvalue weighted by Crippen LogP contribution is -2.54. The van der Waals surface area contributed by atoms with Crippen molar-refractivity contribution >= 4 is 11.9 Å². The van der Waals surface area contributed by atoms with Crippen molar-refractivity contribution in [3.63, 3.8) is 0 Å². The Morgan fingerprint density at radius 3 is 2.68 bits per heavy atom. The van der Waals surface area contributed by atoms with Crippen molar-refractivity contribution in [3.05, 3.63) is 23.8 Å². The second kappa shape index (κ2) is 9.64. The minimum absolute atomic E-state index is 0.130. The molecule has 1 aromatic rings. The standard InChI is InChI=1S/C20H31N5O3/c1-3-21-20(22-13-15-12-17(28-2)6-7-18(15)26)25-10-8-24(9-11-25)14-19(27)23-16-4-5-16/h6-7,12,16,26H,3-5,8-11,13-14H2,1-2H3,(H,21,22)(H,23,27). The molecule has 3 rings (SSSR count). The van der Waals surface area contributed by atoms with Crippen LogP contribution < -0.4 is 15.4 Å². The van der Waals surface area contributed by atoms with Gasteiger partial charge in [0.2, 0.25) is 5.91 Å². The molecule has 0 atom stereocenters. The monoisotopic (exact) mass is 389 g/mol. The van der Waals surface area contributed by atoms with Crippen LogP contribution in [0.2, 0.25) is 0 Å². The molecule has 0 spiro atoms. The summed E-state index contributed by atoms with van der Waals surface area (Å²) in [5, 5.41) is 16.4. The highest BCUT2D eigenvalue weighted by Gasteiger charge is 2.25. The first-order valence-corrected chi connectivity index (χ1v) is 10.00. The molecule has 0 radical (unpaired) electrons. The summed E-state index contributed by atoms with van der Waals surface area (Å²) in [6, 6.07) is 5.57. The Hall–Kier alpha value is -2.48. The maximum Gasteiger partial charge on any atom is 0.234 e. The normalized spacial score (nSPS) is 18.1. The number of aliphatic imine (C=N–C) groups is 1. The molecule has 1 amide bonds. The van der Waals surface area contributed by atoms with Gasteiger partial charge in [-0.1, -0.05) is 0 Å². The van der Waals surface area contributed by atoms with Crippen molar-refractivity contribution < 1.29 is 14.6 Å². The van der Waals surface area contributed by atoms with Gasteiger partial charge in [-0.3, -0.25) is 9.69 Å². The zero-order chi connectivity index (χ0) is 19.9. The first kappa shape index (κ1) is 20.3. The third-order valence-electron chi connectivity index (χ3n) is 5.00. The van der Waals surface area contributed by atoms with E-state index in [9.17, 15) is 9.90 Å². The van der Waals surface area contributed by atoms with E-state index in [1.54, 1.807) is 25.3 Å². The van der Waals surface area contributed by atoms with E-state index in [2.05, 4.69) is 20.4 Å². The van der Waals surface area contributed by atoms with Gasteiger partial charge in [-0.25, -0.2) is 4.99 Å². The Bertz CT molecular complexity index is 697. The Kier molecular flexibility index (Phi) is 6.97. The van der Waals surface area contributed by atoms with Gasteiger partial charge in [-0.2, -0.15) is 0 Å². The van der Waals surface area contributed by atoms with Crippen LogP contribution in [0.25, 0.3) is 0 Å². The number of nitrogens with zero attached hydrogens (tertiary/aromatic N) is 3. The fourth-order valence-electron chi connectivity index (χ4n) is 3.22. The van der Waals surface area contributed by atoms with Crippen LogP contribution in [0.5, 0.6) is 11.5 Å². The van der Waals surface area contributed by atoms with Crippen LogP contribution in [0.1, 0.15) is 25.3 Å². The van der Waals surface area contributed by atoms with E-state index in [1.807, 2.05) is 6.92 Å². The Morgan fingerprint density at radius 2 is 2.04 bits per heavy atom. The van der Waals surface area contributed by atoms with Crippen LogP contribution in [0.3, 0.4) is 0 Å². The minimum Gasteiger partial charge on any atom is -0.508 e. The van der Waals surface area contributed by atoms with Crippen LogP contribution in [0, 0.1) is 0 Å². The van der Waals surface area contributed by atoms with Gasteiger partial charge in [0.15, 0.2) is 5.96 Å². The number of phenols is 1. The molecular weight excluding hydrogens is 358 g/mol. The highest BCUT2D eigenvalue weighted by Crippen LogP contribution is 2.23. The molecule has 1 aliphatic carbocycles. The van der Waals surface area contributed by atoms with E-state index >= 15 is 0 Å². The molecule has 28 heavy (non-hydrogen) atoms. The van der Waals surface area contributed by atoms with Crippen LogP contribution in [-0.2, 0) is 11.3 Å². The summed E-state index contributed by atoms with van der Waals surface area (Å²) < 4.78 is 5.23. The zero-order valence-electron chi connectivity index (χ0n) is 16.8. The Morgan fingerprint density at radius 1 is 1.29 bits per heavy atom. The second-order valence-electron chi connectivity index (χ2n) is 7.27. The van der Waals surface area contributed by atoms with Crippen molar-refractivity contribution in [1.29, 1.82) is 0 Å². The molecule has 8 nitrogen and oxygen atoms in total. The van der Waals surface area contributed by atoms with Gasteiger partial charge >= 0.3 is 0 Å². The van der Waals surface area contributed by atoms with Crippen molar-refractivity contribution in [2.45, 2.75) is 32.4 Å². The van der Waals surface area contributed by atoms with Gasteiger partial charge in [-0.05, 0) is 38.0 Å². The topological polar surface area (TPSA) is 89.4 Å². The van der Waals surface area contributed by atoms with E-state index in [4.69, 9.17) is 9.73 Å². The number of hydrogen-bond donors (Lipinski definition) is 3. The molecule has 0 unspecified atom stereocenters. The smallest absolute Gasteiger partial charge is 0.234 e. The van der Waals surface area contributed by atoms with E-state index in [0.717, 1.165) is 57.1 Å². The van der Waals surface area contributed by atoms with Gasteiger partial charge in [0.1, 0.15) is 11.5 Å². The predicted octanol–water partition coefficient (Wildman–Crippen LogP) is 0.763. The van der Waals surface area contributed by atoms with E-state index in [-0.39, 0.29) is 11.7 Å². The van der Waals surface area contributed by atoms with Crippen molar-refractivity contribution in [1.82, 2.24) is 20.4 Å². The largest absolute Gasteiger partial charge is 0.508 e. The van der Waals surface area contributed by atoms with E-state index in [1.165, 1.54) is 0 Å². The van der Waals surface area contributed by atoms with Gasteiger partial charge in [0.25, 0.3) is 0 Å². The van der Waals surface area contributed by atoms with Crippen molar-refractivity contribution in [2.24, 2.45) is 4.99 Å². The number of rotatable bonds is 7. The maximum atomic E-state index is 12.0. The van der Waals surface area contributed by atoms with Gasteiger partial charge < -0.3 is 25.4 Å². The molecule has 1 heterocycles. The summed E-state index contributed by atoms with van der Waals surface area (Å²) in [5.41, 5.74) is 0.727. The average molecular weight is 390 g/mol. The fourth-order valence-corrected chi connectivity index (χ4v) is 3.22. The highest BCUT2D eigenvalue weighted by molar-refractivity contribution is 5.80. The lowest BCUT2D eigenvalue weighted by molar-refractivity contribution is -0.122. The van der Waals surface area contributed by atoms with Crippen LogP contribution in [0.4, 0.5) is 0 Å². The third-order valence-corrected chi connectivity index (χ3v) is 5.00. The predicted molar refractivity (Wildman–Crippen MR) is 109 cm³/mol. The molecular formula is C20H31N5O3. The van der Waals surface area contributed by atoms with Gasteiger partial charge in [-0.15, -0.1) is 0 Å². The van der Waals surface area contributed by atoms with Crippen molar-refractivity contribution in [2.75, 3.05) is 46.4 Å². The number of ether oxygens (including phenoxy) is 1. The number of carbonyl (C=O) groups excluding carboxylic acids is 1. The molecule has 2 fully saturated rings. The number of carbonyl (C=O) groups is 1. The molecule has 3 N–H and O–H groups in total. The molecule has 1 saturated carbocycles. The number of piperazine rings is 1. The number of hydrogen-bond acceptors (Lipinski definition) is 5. The first-order chi connectivity index (χ1) is 13.6. The molecule has 1 aromatic carbocycles. The molecule has 154 valence electrons. The molecule has 0 bridgehead atoms. The van der Waals surface area contributed by atoms with Gasteiger partial charge in [0.05, 0.1) is 20.2 Å². The first-order valence-electron chi connectivity index (χ1n) is 10.00. The number of nitrogens with one attached hydrogen (secondary N) is 2. The van der Waals surface area contributed by atoms with Crippen LogP contribution in [0.15, 0.2) is 23.2 Å². The number of benzene rings is 1. The summed E-state index contributed by atoms with van der Waals surface area (Å²) in [7, 11) is 1.61. The lowest BCUT2D eigenvalue weighted by atomic mass is 10.2. The average Bonchev–Trinajstić information content (AvgIpc) is 3.51. The summed E-state index contributed by atoms with van der Waals surface area (Å²) in [4.78, 5) is 21.1. The maximum absolute atomic E-state index is 12.0. The SMILES string of the molecule is CCNC(=NCc1cc(OC)ccc1O)N1CCN(CC(=O)NC2CC2)CC1. The van der Waals surface area contributed by atoms with Gasteiger partial charge in [0, 0.05) is 44.3 Å². The molecule has 1 saturated heterocycles. The number of aromatic hydroxyl groups is 1. The van der Waals surface area contributed by atoms with Crippen molar-refractivity contribution in [3.8, 4) is 11.5 Å². The summed E-state index contributed by atoms with van der Waals surface area (Å²) in [5.74, 6) is 1.87. The highest BCUT2D eigenvalue weighted by atomic mass is 16.5. The molecule has 2 aliphatic rings. The fraction of sp³-hybridized carbons (Fsp3) is 0.600. The summed E-state index contributed by atoms with van der Waals surface area (Å²) in [6.07, 6.45) is 2.23. The summed E-state index contributed by atoms with van der Waals surface area (Å²) >= 11 is 0. The minimum atomic E-state index is 0.130. The Balaban J connectivity index is 1.55. The Labute approximate surface area is 166 Å². The van der Waals surface area contributed by atoms with E-state index < -0.39 is 0 Å². The number of phenolic OH excluding ortho intramolecular Hbond substituents is 1. The second-order valence-corrected chi connectivity index (χ2v) is 7.27. The lowest BCUT2D eigenvalue weighted by Gasteiger charge is -2.36. The van der Waals surface area contributed by atoms with E-state index in [0.29, 0.717) is 24.9 Å². The quantitative estimate of drug-likeness (QED) is 0.471. The summed E-state index contributed by atoms with van der Waals surface area (Å²) in [6.45, 7) is 6.92. The molecule has 0 aromatic heterocycles. The molecule has 1 aliphatic heterocycles. The van der Waals surface area contributed by atoms with Crippen LogP contribution >= 0.6 is 0 Å². The molecule has 8 heteroatoms. The number of methoxy groups -OCH3 is 1. The number of amides is 1. The van der Waals surface area contributed by atoms with Crippen LogP contribution in [-0.4, -0.2) is 79.2 Å². The third kappa shape index (κ3) is 5.76.